The summed E-state index contributed by atoms with van der Waals surface area (Å²) in [5, 5.41) is 5.12. The Morgan fingerprint density at radius 3 is 2.54 bits per heavy atom. The normalized spacial score (nSPS) is 11.9. The van der Waals surface area contributed by atoms with Crippen LogP contribution in [0.3, 0.4) is 0 Å². The van der Waals surface area contributed by atoms with E-state index in [1.807, 2.05) is 6.92 Å². The Kier molecular flexibility index (Phi) is 6.32. The molecule has 0 fully saturated rings. The molecule has 2 amide bonds. The maximum atomic E-state index is 11.2. The van der Waals surface area contributed by atoms with Crippen LogP contribution in [0.4, 0.5) is 0 Å². The molecule has 2 N–H and O–H groups in total. The van der Waals surface area contributed by atoms with E-state index in [1.54, 1.807) is 6.92 Å². The lowest BCUT2D eigenvalue weighted by Gasteiger charge is -2.12. The second-order valence-electron chi connectivity index (χ2n) is 2.71. The average Bonchev–Trinajstić information content (AvgIpc) is 2.13. The van der Waals surface area contributed by atoms with Crippen molar-refractivity contribution in [3.63, 3.8) is 0 Å². The van der Waals surface area contributed by atoms with Gasteiger partial charge in [0.05, 0.1) is 0 Å². The van der Waals surface area contributed by atoms with Crippen molar-refractivity contribution in [3.8, 4) is 0 Å². The quantitative estimate of drug-likeness (QED) is 0.634. The molecule has 13 heavy (non-hydrogen) atoms. The van der Waals surface area contributed by atoms with E-state index in [2.05, 4.69) is 10.6 Å². The molecule has 0 rings (SSSR count). The Morgan fingerprint density at radius 1 is 1.46 bits per heavy atom. The fourth-order valence-electron chi connectivity index (χ4n) is 0.747. The zero-order chi connectivity index (χ0) is 10.3. The first kappa shape index (κ1) is 12.2. The number of alkyl halides is 1. The highest BCUT2D eigenvalue weighted by molar-refractivity contribution is 6.27. The van der Waals surface area contributed by atoms with Crippen molar-refractivity contribution in [1.82, 2.24) is 10.6 Å². The average molecular weight is 207 g/mol. The molecule has 0 heterocycles. The molecule has 0 aliphatic carbocycles. The highest BCUT2D eigenvalue weighted by Crippen LogP contribution is 1.84. The van der Waals surface area contributed by atoms with E-state index in [-0.39, 0.29) is 17.7 Å². The second-order valence-corrected chi connectivity index (χ2v) is 2.98. The molecule has 0 spiro atoms. The van der Waals surface area contributed by atoms with Crippen LogP contribution in [0.1, 0.15) is 20.3 Å². The van der Waals surface area contributed by atoms with E-state index in [0.29, 0.717) is 6.54 Å². The number of carbonyl (C=O) groups excluding carboxylic acids is 2. The topological polar surface area (TPSA) is 58.2 Å². The molecule has 0 aromatic heterocycles. The van der Waals surface area contributed by atoms with Crippen molar-refractivity contribution in [2.75, 3.05) is 12.4 Å². The Hall–Kier alpha value is -0.770. The number of halogens is 1. The molecule has 5 heteroatoms. The van der Waals surface area contributed by atoms with Gasteiger partial charge in [-0.1, -0.05) is 6.92 Å². The summed E-state index contributed by atoms with van der Waals surface area (Å²) in [6.07, 6.45) is 0.877. The van der Waals surface area contributed by atoms with Gasteiger partial charge in [-0.2, -0.15) is 0 Å². The lowest BCUT2D eigenvalue weighted by Crippen LogP contribution is -2.45. The Labute approximate surface area is 83.0 Å². The van der Waals surface area contributed by atoms with Crippen LogP contribution in [0.2, 0.25) is 0 Å². The van der Waals surface area contributed by atoms with Crippen LogP contribution in [0.5, 0.6) is 0 Å². The molecule has 0 radical (unpaired) electrons. The van der Waals surface area contributed by atoms with E-state index >= 15 is 0 Å². The molecule has 0 aliphatic rings. The fraction of sp³-hybridized carbons (Fsp3) is 0.750. The van der Waals surface area contributed by atoms with Crippen molar-refractivity contribution < 1.29 is 9.59 Å². The second kappa shape index (κ2) is 6.71. The van der Waals surface area contributed by atoms with E-state index < -0.39 is 6.04 Å². The summed E-state index contributed by atoms with van der Waals surface area (Å²) in [7, 11) is 0. The highest BCUT2D eigenvalue weighted by atomic mass is 35.5. The standard InChI is InChI=1S/C8H15ClN2O2/c1-3-4-10-8(13)6(2)11-7(12)5-9/h6H,3-5H2,1-2H3,(H,10,13)(H,11,12)/t6-/m1/s1. The maximum Gasteiger partial charge on any atom is 0.242 e. The van der Waals surface area contributed by atoms with Crippen LogP contribution in [-0.2, 0) is 9.59 Å². The molecule has 0 bridgehead atoms. The zero-order valence-electron chi connectivity index (χ0n) is 7.89. The van der Waals surface area contributed by atoms with Crippen LogP contribution in [0.25, 0.3) is 0 Å². The van der Waals surface area contributed by atoms with Crippen molar-refractivity contribution in [1.29, 1.82) is 0 Å². The minimum Gasteiger partial charge on any atom is -0.354 e. The maximum absolute atomic E-state index is 11.2. The van der Waals surface area contributed by atoms with Gasteiger partial charge >= 0.3 is 0 Å². The molecule has 0 saturated carbocycles. The van der Waals surface area contributed by atoms with Gasteiger partial charge < -0.3 is 10.6 Å². The van der Waals surface area contributed by atoms with Crippen molar-refractivity contribution in [3.05, 3.63) is 0 Å². The van der Waals surface area contributed by atoms with E-state index in [9.17, 15) is 9.59 Å². The fourth-order valence-corrected chi connectivity index (χ4v) is 0.824. The van der Waals surface area contributed by atoms with Gasteiger partial charge in [-0.3, -0.25) is 9.59 Å². The summed E-state index contributed by atoms with van der Waals surface area (Å²) < 4.78 is 0. The largest absolute Gasteiger partial charge is 0.354 e. The van der Waals surface area contributed by atoms with Gasteiger partial charge in [-0.05, 0) is 13.3 Å². The first-order valence-electron chi connectivity index (χ1n) is 4.24. The Balaban J connectivity index is 3.75. The summed E-state index contributed by atoms with van der Waals surface area (Å²) >= 11 is 5.26. The Morgan fingerprint density at radius 2 is 2.08 bits per heavy atom. The highest BCUT2D eigenvalue weighted by Gasteiger charge is 2.13. The van der Waals surface area contributed by atoms with E-state index in [0.717, 1.165) is 6.42 Å². The van der Waals surface area contributed by atoms with Crippen molar-refractivity contribution in [2.24, 2.45) is 0 Å². The lowest BCUT2D eigenvalue weighted by molar-refractivity contribution is -0.127. The van der Waals surface area contributed by atoms with Gasteiger partial charge in [0.15, 0.2) is 0 Å². The molecule has 1 atom stereocenters. The third kappa shape index (κ3) is 5.47. The van der Waals surface area contributed by atoms with E-state index in [4.69, 9.17) is 11.6 Å². The molecule has 0 aliphatic heterocycles. The van der Waals surface area contributed by atoms with Gasteiger partial charge in [-0.15, -0.1) is 11.6 Å². The van der Waals surface area contributed by atoms with Gasteiger partial charge in [0.1, 0.15) is 11.9 Å². The lowest BCUT2D eigenvalue weighted by atomic mass is 10.3. The third-order valence-corrected chi connectivity index (χ3v) is 1.68. The number of rotatable bonds is 5. The SMILES string of the molecule is CCCNC(=O)[C@@H](C)NC(=O)CCl. The Bertz CT molecular complexity index is 185. The summed E-state index contributed by atoms with van der Waals surface area (Å²) in [4.78, 5) is 22.0. The molecule has 76 valence electrons. The molecular weight excluding hydrogens is 192 g/mol. The zero-order valence-corrected chi connectivity index (χ0v) is 8.65. The minimum absolute atomic E-state index is 0.120. The third-order valence-electron chi connectivity index (χ3n) is 1.44. The summed E-state index contributed by atoms with van der Waals surface area (Å²) in [6, 6.07) is -0.516. The predicted octanol–water partition coefficient (Wildman–Crippen LogP) is 0.256. The smallest absolute Gasteiger partial charge is 0.242 e. The van der Waals surface area contributed by atoms with Crippen molar-refractivity contribution >= 4 is 23.4 Å². The monoisotopic (exact) mass is 206 g/mol. The summed E-state index contributed by atoms with van der Waals surface area (Å²) in [6.45, 7) is 4.21. The molecule has 0 aromatic carbocycles. The number of amides is 2. The predicted molar refractivity (Wildman–Crippen MR) is 51.6 cm³/mol. The van der Waals surface area contributed by atoms with Crippen LogP contribution >= 0.6 is 11.6 Å². The van der Waals surface area contributed by atoms with Gasteiger partial charge in [-0.25, -0.2) is 0 Å². The van der Waals surface area contributed by atoms with Crippen LogP contribution in [0.15, 0.2) is 0 Å². The minimum atomic E-state index is -0.516. The van der Waals surface area contributed by atoms with Crippen molar-refractivity contribution in [2.45, 2.75) is 26.3 Å². The molecular formula is C8H15ClN2O2. The van der Waals surface area contributed by atoms with Gasteiger partial charge in [0.2, 0.25) is 11.8 Å². The van der Waals surface area contributed by atoms with Crippen LogP contribution < -0.4 is 10.6 Å². The number of carbonyl (C=O) groups is 2. The van der Waals surface area contributed by atoms with Gasteiger partial charge in [0, 0.05) is 6.54 Å². The number of nitrogens with one attached hydrogen (secondary N) is 2. The summed E-state index contributed by atoms with van der Waals surface area (Å²) in [5.41, 5.74) is 0. The first-order valence-corrected chi connectivity index (χ1v) is 4.78. The van der Waals surface area contributed by atoms with Crippen LogP contribution in [-0.4, -0.2) is 30.3 Å². The number of hydrogen-bond acceptors (Lipinski definition) is 2. The summed E-state index contributed by atoms with van der Waals surface area (Å²) in [5.74, 6) is -0.632. The first-order chi connectivity index (χ1) is 6.11. The molecule has 0 unspecified atom stereocenters. The number of hydrogen-bond donors (Lipinski definition) is 2. The molecule has 4 nitrogen and oxygen atoms in total. The molecule has 0 aromatic rings. The molecule has 0 saturated heterocycles. The van der Waals surface area contributed by atoms with Gasteiger partial charge in [0.25, 0.3) is 0 Å². The van der Waals surface area contributed by atoms with E-state index in [1.165, 1.54) is 0 Å². The van der Waals surface area contributed by atoms with Crippen LogP contribution in [0, 0.1) is 0 Å².